The molecule has 0 unspecified atom stereocenters. The molecule has 1 aliphatic carbocycles. The van der Waals surface area contributed by atoms with E-state index in [2.05, 4.69) is 22.9 Å². The lowest BCUT2D eigenvalue weighted by Gasteiger charge is -2.27. The molecular weight excluding hydrogens is 272 g/mol. The van der Waals surface area contributed by atoms with Crippen LogP contribution in [0.25, 0.3) is 10.9 Å². The molecule has 0 spiro atoms. The summed E-state index contributed by atoms with van der Waals surface area (Å²) in [5.74, 6) is 0.253. The van der Waals surface area contributed by atoms with Gasteiger partial charge in [-0.3, -0.25) is 4.79 Å². The average molecular weight is 298 g/mol. The molecule has 1 amide bonds. The summed E-state index contributed by atoms with van der Waals surface area (Å²) in [6.45, 7) is 0. The fourth-order valence-corrected chi connectivity index (χ4v) is 3.70. The van der Waals surface area contributed by atoms with Crippen LogP contribution in [0, 0.1) is 0 Å². The fraction of sp³-hybridized carbons (Fsp3) is 0.526. The van der Waals surface area contributed by atoms with Crippen molar-refractivity contribution in [2.24, 2.45) is 7.05 Å². The summed E-state index contributed by atoms with van der Waals surface area (Å²) in [4.78, 5) is 14.7. The van der Waals surface area contributed by atoms with E-state index in [1.165, 1.54) is 36.6 Å². The number of hydrogen-bond acceptors (Lipinski definition) is 1. The standard InChI is InChI=1S/C19H26N2O/c1-20-14-15(17-11-7-8-12-18(17)20)13-19(22)21(2)16-9-5-3-4-6-10-16/h7-8,11-12,14,16H,3-6,9-10,13H2,1-2H3. The molecule has 22 heavy (non-hydrogen) atoms. The van der Waals surface area contributed by atoms with Crippen LogP contribution in [0.5, 0.6) is 0 Å². The molecule has 0 bridgehead atoms. The van der Waals surface area contributed by atoms with E-state index in [0.29, 0.717) is 12.5 Å². The second-order valence-corrected chi connectivity index (χ2v) is 6.61. The van der Waals surface area contributed by atoms with Crippen molar-refractivity contribution in [1.82, 2.24) is 9.47 Å². The van der Waals surface area contributed by atoms with Gasteiger partial charge in [0.2, 0.25) is 5.91 Å². The van der Waals surface area contributed by atoms with Crippen LogP contribution in [-0.4, -0.2) is 28.5 Å². The van der Waals surface area contributed by atoms with Gasteiger partial charge in [-0.1, -0.05) is 43.9 Å². The Kier molecular flexibility index (Phi) is 4.51. The molecule has 2 aromatic rings. The Bertz CT molecular complexity index is 650. The maximum absolute atomic E-state index is 12.7. The van der Waals surface area contributed by atoms with E-state index in [9.17, 15) is 4.79 Å². The number of aromatic nitrogens is 1. The number of hydrogen-bond donors (Lipinski definition) is 0. The van der Waals surface area contributed by atoms with Gasteiger partial charge in [0, 0.05) is 37.2 Å². The summed E-state index contributed by atoms with van der Waals surface area (Å²) < 4.78 is 2.11. The van der Waals surface area contributed by atoms with Crippen molar-refractivity contribution in [2.75, 3.05) is 7.05 Å². The van der Waals surface area contributed by atoms with Gasteiger partial charge in [-0.05, 0) is 24.5 Å². The third-order valence-electron chi connectivity index (χ3n) is 5.09. The van der Waals surface area contributed by atoms with Crippen molar-refractivity contribution in [3.63, 3.8) is 0 Å². The Hall–Kier alpha value is -1.77. The number of amides is 1. The minimum absolute atomic E-state index is 0.253. The van der Waals surface area contributed by atoms with Crippen LogP contribution in [-0.2, 0) is 18.3 Å². The predicted molar refractivity (Wildman–Crippen MR) is 90.9 cm³/mol. The Labute approximate surface area is 132 Å². The van der Waals surface area contributed by atoms with E-state index in [1.807, 2.05) is 31.1 Å². The highest BCUT2D eigenvalue weighted by Crippen LogP contribution is 2.24. The molecule has 0 saturated heterocycles. The average Bonchev–Trinajstić information content (AvgIpc) is 2.73. The van der Waals surface area contributed by atoms with E-state index in [-0.39, 0.29) is 5.91 Å². The number of fused-ring (bicyclic) bond motifs is 1. The third-order valence-corrected chi connectivity index (χ3v) is 5.09. The summed E-state index contributed by atoms with van der Waals surface area (Å²) in [5, 5.41) is 1.20. The van der Waals surface area contributed by atoms with Gasteiger partial charge in [-0.2, -0.15) is 0 Å². The molecule has 0 N–H and O–H groups in total. The zero-order valence-electron chi connectivity index (χ0n) is 13.7. The van der Waals surface area contributed by atoms with Crippen molar-refractivity contribution >= 4 is 16.8 Å². The van der Waals surface area contributed by atoms with E-state index in [4.69, 9.17) is 0 Å². The zero-order chi connectivity index (χ0) is 15.5. The maximum atomic E-state index is 12.7. The van der Waals surface area contributed by atoms with Gasteiger partial charge < -0.3 is 9.47 Å². The van der Waals surface area contributed by atoms with E-state index < -0.39 is 0 Å². The molecule has 0 aliphatic heterocycles. The molecule has 3 heteroatoms. The van der Waals surface area contributed by atoms with Crippen LogP contribution < -0.4 is 0 Å². The highest BCUT2D eigenvalue weighted by atomic mass is 16.2. The van der Waals surface area contributed by atoms with Crippen molar-refractivity contribution in [3.8, 4) is 0 Å². The van der Waals surface area contributed by atoms with Gasteiger partial charge in [0.25, 0.3) is 0 Å². The maximum Gasteiger partial charge on any atom is 0.227 e. The molecule has 1 aromatic heterocycles. The smallest absolute Gasteiger partial charge is 0.227 e. The van der Waals surface area contributed by atoms with Crippen molar-refractivity contribution in [3.05, 3.63) is 36.0 Å². The molecule has 1 saturated carbocycles. The Balaban J connectivity index is 1.75. The van der Waals surface area contributed by atoms with Gasteiger partial charge in [0.1, 0.15) is 0 Å². The summed E-state index contributed by atoms with van der Waals surface area (Å²) >= 11 is 0. The highest BCUT2D eigenvalue weighted by Gasteiger charge is 2.22. The molecule has 0 atom stereocenters. The molecule has 3 nitrogen and oxygen atoms in total. The van der Waals surface area contributed by atoms with Crippen molar-refractivity contribution < 1.29 is 4.79 Å². The number of benzene rings is 1. The van der Waals surface area contributed by atoms with Crippen LogP contribution in [0.2, 0.25) is 0 Å². The number of para-hydroxylation sites is 1. The minimum atomic E-state index is 0.253. The first-order chi connectivity index (χ1) is 10.7. The second-order valence-electron chi connectivity index (χ2n) is 6.61. The lowest BCUT2D eigenvalue weighted by molar-refractivity contribution is -0.131. The molecule has 3 rings (SSSR count). The topological polar surface area (TPSA) is 25.2 Å². The van der Waals surface area contributed by atoms with Crippen molar-refractivity contribution in [2.45, 2.75) is 51.0 Å². The SMILES string of the molecule is CN(C(=O)Cc1cn(C)c2ccccc12)C1CCCCCC1. The normalized spacial score (nSPS) is 16.6. The van der Waals surface area contributed by atoms with Gasteiger partial charge in [0.15, 0.2) is 0 Å². The summed E-state index contributed by atoms with van der Waals surface area (Å²) in [6, 6.07) is 8.75. The minimum Gasteiger partial charge on any atom is -0.350 e. The number of rotatable bonds is 3. The summed E-state index contributed by atoms with van der Waals surface area (Å²) in [6.07, 6.45) is 10.1. The first-order valence-corrected chi connectivity index (χ1v) is 8.45. The Morgan fingerprint density at radius 1 is 1.18 bits per heavy atom. The van der Waals surface area contributed by atoms with Gasteiger partial charge in [-0.25, -0.2) is 0 Å². The lowest BCUT2D eigenvalue weighted by Crippen LogP contribution is -2.37. The van der Waals surface area contributed by atoms with Crippen LogP contribution in [0.4, 0.5) is 0 Å². The second kappa shape index (κ2) is 6.55. The molecule has 1 heterocycles. The zero-order valence-corrected chi connectivity index (χ0v) is 13.7. The number of likely N-dealkylation sites (N-methyl/N-ethyl adjacent to an activating group) is 1. The highest BCUT2D eigenvalue weighted by molar-refractivity contribution is 5.89. The molecule has 118 valence electrons. The molecule has 0 radical (unpaired) electrons. The Morgan fingerprint density at radius 2 is 1.86 bits per heavy atom. The van der Waals surface area contributed by atoms with Gasteiger partial charge in [-0.15, -0.1) is 0 Å². The summed E-state index contributed by atoms with van der Waals surface area (Å²) in [7, 11) is 4.04. The number of carbonyl (C=O) groups excluding carboxylic acids is 1. The molecule has 1 fully saturated rings. The number of carbonyl (C=O) groups is 1. The number of nitrogens with zero attached hydrogens (tertiary/aromatic N) is 2. The summed E-state index contributed by atoms with van der Waals surface area (Å²) in [5.41, 5.74) is 2.34. The van der Waals surface area contributed by atoms with Crippen molar-refractivity contribution in [1.29, 1.82) is 0 Å². The van der Waals surface area contributed by atoms with Crippen LogP contribution in [0.3, 0.4) is 0 Å². The van der Waals surface area contributed by atoms with Crippen LogP contribution in [0.15, 0.2) is 30.5 Å². The first kappa shape index (κ1) is 15.1. The fourth-order valence-electron chi connectivity index (χ4n) is 3.70. The van der Waals surface area contributed by atoms with Crippen LogP contribution in [0.1, 0.15) is 44.1 Å². The monoisotopic (exact) mass is 298 g/mol. The number of aryl methyl sites for hydroxylation is 1. The van der Waals surface area contributed by atoms with E-state index in [0.717, 1.165) is 18.4 Å². The lowest BCUT2D eigenvalue weighted by atomic mass is 10.1. The Morgan fingerprint density at radius 3 is 2.59 bits per heavy atom. The predicted octanol–water partition coefficient (Wildman–Crippen LogP) is 3.90. The van der Waals surface area contributed by atoms with Crippen LogP contribution >= 0.6 is 0 Å². The van der Waals surface area contributed by atoms with Gasteiger partial charge in [0.05, 0.1) is 6.42 Å². The molecule has 1 aromatic carbocycles. The first-order valence-electron chi connectivity index (χ1n) is 8.45. The largest absolute Gasteiger partial charge is 0.350 e. The third kappa shape index (κ3) is 3.03. The van der Waals surface area contributed by atoms with E-state index in [1.54, 1.807) is 0 Å². The molecule has 1 aliphatic rings. The van der Waals surface area contributed by atoms with E-state index >= 15 is 0 Å². The molecular formula is C19H26N2O. The van der Waals surface area contributed by atoms with Gasteiger partial charge >= 0.3 is 0 Å². The quantitative estimate of drug-likeness (QED) is 0.789.